The molecule has 0 atom stereocenters. The number of aryl methyl sites for hydroxylation is 1. The predicted octanol–water partition coefficient (Wildman–Crippen LogP) is 0.588. The topological polar surface area (TPSA) is 89.8 Å². The van der Waals surface area contributed by atoms with Crippen LogP contribution in [0.5, 0.6) is 0 Å². The van der Waals surface area contributed by atoms with Gasteiger partial charge in [0, 0.05) is 11.4 Å². The average molecular weight is 259 g/mol. The van der Waals surface area contributed by atoms with Gasteiger partial charge in [0.1, 0.15) is 4.88 Å². The lowest BCUT2D eigenvalue weighted by Crippen LogP contribution is -2.48. The standard InChI is InChI=1S/C11H17NO4S/c1-7-8(3-9(17-7)10(15)16)4-12-11(2,5-13)6-14/h3,12-14H,4-6H2,1-2H3,(H,15,16). The molecule has 1 rings (SSSR count). The Bertz CT molecular complexity index is 398. The van der Waals surface area contributed by atoms with E-state index in [2.05, 4.69) is 5.32 Å². The summed E-state index contributed by atoms with van der Waals surface area (Å²) in [6.07, 6.45) is 0. The molecule has 1 heterocycles. The van der Waals surface area contributed by atoms with Gasteiger partial charge in [-0.1, -0.05) is 0 Å². The van der Waals surface area contributed by atoms with Crippen molar-refractivity contribution in [2.24, 2.45) is 0 Å². The normalized spacial score (nSPS) is 11.8. The summed E-state index contributed by atoms with van der Waals surface area (Å²) in [5.74, 6) is -0.934. The van der Waals surface area contributed by atoms with Crippen LogP contribution in [0.4, 0.5) is 0 Å². The molecule has 0 saturated carbocycles. The smallest absolute Gasteiger partial charge is 0.345 e. The van der Waals surface area contributed by atoms with Gasteiger partial charge in [-0.25, -0.2) is 4.79 Å². The minimum Gasteiger partial charge on any atom is -0.477 e. The number of rotatable bonds is 6. The molecule has 4 N–H and O–H groups in total. The van der Waals surface area contributed by atoms with E-state index < -0.39 is 11.5 Å². The number of carbonyl (C=O) groups is 1. The Labute approximate surface area is 104 Å². The van der Waals surface area contributed by atoms with Gasteiger partial charge in [0.2, 0.25) is 0 Å². The number of thiophene rings is 1. The second-order valence-corrected chi connectivity index (χ2v) is 5.48. The van der Waals surface area contributed by atoms with Crippen LogP contribution in [0, 0.1) is 6.92 Å². The van der Waals surface area contributed by atoms with Gasteiger partial charge in [0.15, 0.2) is 0 Å². The van der Waals surface area contributed by atoms with Crippen LogP contribution in [0.3, 0.4) is 0 Å². The minimum atomic E-state index is -0.934. The molecule has 96 valence electrons. The fourth-order valence-electron chi connectivity index (χ4n) is 1.27. The summed E-state index contributed by atoms with van der Waals surface area (Å²) in [4.78, 5) is 12.0. The summed E-state index contributed by atoms with van der Waals surface area (Å²) in [5, 5.41) is 30.1. The number of aliphatic hydroxyl groups excluding tert-OH is 2. The average Bonchev–Trinajstić information content (AvgIpc) is 2.68. The number of hydrogen-bond acceptors (Lipinski definition) is 5. The number of aliphatic hydroxyl groups is 2. The highest BCUT2D eigenvalue weighted by atomic mass is 32.1. The first-order valence-corrected chi connectivity index (χ1v) is 6.03. The zero-order valence-electron chi connectivity index (χ0n) is 9.86. The van der Waals surface area contributed by atoms with E-state index in [0.717, 1.165) is 10.4 Å². The van der Waals surface area contributed by atoms with Crippen molar-refractivity contribution in [3.05, 3.63) is 21.4 Å². The number of hydrogen-bond donors (Lipinski definition) is 4. The highest BCUT2D eigenvalue weighted by Gasteiger charge is 2.22. The first kappa shape index (κ1) is 14.1. The van der Waals surface area contributed by atoms with Crippen molar-refractivity contribution >= 4 is 17.3 Å². The van der Waals surface area contributed by atoms with Crippen molar-refractivity contribution in [2.45, 2.75) is 25.9 Å². The Morgan fingerprint density at radius 3 is 2.47 bits per heavy atom. The molecule has 0 aliphatic carbocycles. The fraction of sp³-hybridized carbons (Fsp3) is 0.545. The van der Waals surface area contributed by atoms with Crippen LogP contribution >= 0.6 is 11.3 Å². The molecular weight excluding hydrogens is 242 g/mol. The molecule has 0 aliphatic heterocycles. The molecule has 0 saturated heterocycles. The van der Waals surface area contributed by atoms with E-state index in [1.54, 1.807) is 13.0 Å². The van der Waals surface area contributed by atoms with Gasteiger partial charge in [-0.2, -0.15) is 0 Å². The molecule has 0 radical (unpaired) electrons. The van der Waals surface area contributed by atoms with Crippen LogP contribution in [-0.2, 0) is 6.54 Å². The van der Waals surface area contributed by atoms with E-state index in [1.807, 2.05) is 6.92 Å². The molecule has 0 bridgehead atoms. The lowest BCUT2D eigenvalue weighted by molar-refractivity contribution is 0.0702. The van der Waals surface area contributed by atoms with Crippen molar-refractivity contribution < 1.29 is 20.1 Å². The maximum absolute atomic E-state index is 10.8. The van der Waals surface area contributed by atoms with E-state index in [1.165, 1.54) is 11.3 Å². The van der Waals surface area contributed by atoms with Crippen LogP contribution < -0.4 is 5.32 Å². The maximum atomic E-state index is 10.8. The molecule has 1 aromatic heterocycles. The Hall–Kier alpha value is -0.950. The molecule has 0 aromatic carbocycles. The molecule has 1 aromatic rings. The molecule has 0 unspecified atom stereocenters. The van der Waals surface area contributed by atoms with Gasteiger partial charge in [-0.05, 0) is 25.5 Å². The van der Waals surface area contributed by atoms with Gasteiger partial charge in [0.25, 0.3) is 0 Å². The summed E-state index contributed by atoms with van der Waals surface area (Å²) in [6.45, 7) is 3.61. The second kappa shape index (κ2) is 5.59. The number of aromatic carboxylic acids is 1. The van der Waals surface area contributed by atoms with Crippen molar-refractivity contribution in [3.63, 3.8) is 0 Å². The number of carboxylic acids is 1. The maximum Gasteiger partial charge on any atom is 0.345 e. The summed E-state index contributed by atoms with van der Waals surface area (Å²) in [5.41, 5.74) is 0.123. The zero-order valence-corrected chi connectivity index (χ0v) is 10.7. The number of carboxylic acid groups (broad SMARTS) is 1. The van der Waals surface area contributed by atoms with Gasteiger partial charge < -0.3 is 20.6 Å². The molecule has 0 spiro atoms. The van der Waals surface area contributed by atoms with Crippen molar-refractivity contribution in [2.75, 3.05) is 13.2 Å². The molecular formula is C11H17NO4S. The van der Waals surface area contributed by atoms with Crippen LogP contribution in [0.2, 0.25) is 0 Å². The van der Waals surface area contributed by atoms with Gasteiger partial charge in [-0.15, -0.1) is 11.3 Å². The summed E-state index contributed by atoms with van der Waals surface area (Å²) < 4.78 is 0. The van der Waals surface area contributed by atoms with E-state index in [0.29, 0.717) is 11.4 Å². The molecule has 0 fully saturated rings. The fourth-order valence-corrected chi connectivity index (χ4v) is 2.15. The first-order valence-electron chi connectivity index (χ1n) is 5.21. The Balaban J connectivity index is 2.72. The highest BCUT2D eigenvalue weighted by molar-refractivity contribution is 7.14. The molecule has 0 amide bonds. The monoisotopic (exact) mass is 259 g/mol. The third-order valence-electron chi connectivity index (χ3n) is 2.63. The van der Waals surface area contributed by atoms with E-state index in [-0.39, 0.29) is 13.2 Å². The third-order valence-corrected chi connectivity index (χ3v) is 3.72. The van der Waals surface area contributed by atoms with Crippen molar-refractivity contribution in [1.29, 1.82) is 0 Å². The first-order chi connectivity index (χ1) is 7.91. The summed E-state index contributed by atoms with van der Waals surface area (Å²) in [6, 6.07) is 1.62. The predicted molar refractivity (Wildman–Crippen MR) is 65.4 cm³/mol. The van der Waals surface area contributed by atoms with Gasteiger partial charge >= 0.3 is 5.97 Å². The Kier molecular flexibility index (Phi) is 4.64. The molecule has 0 aliphatic rings. The quantitative estimate of drug-likeness (QED) is 0.600. The van der Waals surface area contributed by atoms with E-state index in [4.69, 9.17) is 15.3 Å². The molecule has 6 heteroatoms. The SMILES string of the molecule is Cc1sc(C(=O)O)cc1CNC(C)(CO)CO. The van der Waals surface area contributed by atoms with Crippen LogP contribution in [-0.4, -0.2) is 40.0 Å². The summed E-state index contributed by atoms with van der Waals surface area (Å²) in [7, 11) is 0. The molecule has 17 heavy (non-hydrogen) atoms. The second-order valence-electron chi connectivity index (χ2n) is 4.23. The minimum absolute atomic E-state index is 0.182. The highest BCUT2D eigenvalue weighted by Crippen LogP contribution is 2.22. The van der Waals surface area contributed by atoms with Crippen molar-refractivity contribution in [1.82, 2.24) is 5.32 Å². The lowest BCUT2D eigenvalue weighted by atomic mass is 10.1. The third kappa shape index (κ3) is 3.50. The zero-order chi connectivity index (χ0) is 13.1. The lowest BCUT2D eigenvalue weighted by Gasteiger charge is -2.26. The van der Waals surface area contributed by atoms with Crippen molar-refractivity contribution in [3.8, 4) is 0 Å². The summed E-state index contributed by atoms with van der Waals surface area (Å²) >= 11 is 1.22. The van der Waals surface area contributed by atoms with Crippen LogP contribution in [0.15, 0.2) is 6.07 Å². The van der Waals surface area contributed by atoms with Crippen LogP contribution in [0.1, 0.15) is 27.0 Å². The molecule has 5 nitrogen and oxygen atoms in total. The Morgan fingerprint density at radius 1 is 1.47 bits per heavy atom. The van der Waals surface area contributed by atoms with E-state index in [9.17, 15) is 4.79 Å². The van der Waals surface area contributed by atoms with E-state index >= 15 is 0 Å². The van der Waals surface area contributed by atoms with Gasteiger partial charge in [-0.3, -0.25) is 0 Å². The number of nitrogens with one attached hydrogen (secondary N) is 1. The largest absolute Gasteiger partial charge is 0.477 e. The van der Waals surface area contributed by atoms with Gasteiger partial charge in [0.05, 0.1) is 18.8 Å². The van der Waals surface area contributed by atoms with Crippen LogP contribution in [0.25, 0.3) is 0 Å². The Morgan fingerprint density at radius 2 is 2.06 bits per heavy atom.